The van der Waals surface area contributed by atoms with Gasteiger partial charge in [-0.1, -0.05) is 44.9 Å². The standard InChI is InChI=1S/C28H52N2O3/c1-21(31)25-19-30(33-20-25)18-24-13-7-15-27(28(24)32-2)23-12-6-14-26(17-23)29-16-8-11-22-9-4-3-5-10-22/h21-29,31H,3-20H2,1-2H3/t21-,23?,24?,25?,26?,27?,28?/m0/s1. The van der Waals surface area contributed by atoms with Gasteiger partial charge in [0.05, 0.1) is 18.8 Å². The highest BCUT2D eigenvalue weighted by Crippen LogP contribution is 2.42. The molecular formula is C28H52N2O3. The summed E-state index contributed by atoms with van der Waals surface area (Å²) >= 11 is 0. The van der Waals surface area contributed by atoms with E-state index in [0.717, 1.165) is 24.9 Å². The Kier molecular flexibility index (Phi) is 10.4. The van der Waals surface area contributed by atoms with Gasteiger partial charge >= 0.3 is 0 Å². The highest BCUT2D eigenvalue weighted by molar-refractivity contribution is 4.92. The summed E-state index contributed by atoms with van der Waals surface area (Å²) in [7, 11) is 1.93. The summed E-state index contributed by atoms with van der Waals surface area (Å²) in [5.41, 5.74) is 0. The largest absolute Gasteiger partial charge is 0.393 e. The minimum Gasteiger partial charge on any atom is -0.393 e. The fraction of sp³-hybridized carbons (Fsp3) is 1.00. The van der Waals surface area contributed by atoms with Crippen molar-refractivity contribution in [2.75, 3.05) is 33.4 Å². The zero-order chi connectivity index (χ0) is 23.0. The summed E-state index contributed by atoms with van der Waals surface area (Å²) in [5, 5.41) is 16.0. The van der Waals surface area contributed by atoms with Crippen molar-refractivity contribution >= 4 is 0 Å². The van der Waals surface area contributed by atoms with Gasteiger partial charge in [-0.15, -0.1) is 0 Å². The summed E-state index contributed by atoms with van der Waals surface area (Å²) in [4.78, 5) is 5.93. The molecule has 2 N–H and O–H groups in total. The average molecular weight is 465 g/mol. The molecule has 5 nitrogen and oxygen atoms in total. The number of rotatable bonds is 10. The SMILES string of the molecule is COC1C(CN2CC([C@H](C)O)CO2)CCCC1C1CCCC(NCCCC2CCCCC2)C1. The Morgan fingerprint density at radius 1 is 1.03 bits per heavy atom. The van der Waals surface area contributed by atoms with Crippen LogP contribution in [0.4, 0.5) is 0 Å². The number of hydrogen-bond acceptors (Lipinski definition) is 5. The molecule has 4 fully saturated rings. The first-order valence-corrected chi connectivity index (χ1v) is 14.5. The Hall–Kier alpha value is -0.200. The van der Waals surface area contributed by atoms with Crippen LogP contribution in [0.1, 0.15) is 96.8 Å². The maximum Gasteiger partial charge on any atom is 0.0751 e. The van der Waals surface area contributed by atoms with Crippen molar-refractivity contribution in [2.24, 2.45) is 29.6 Å². The fourth-order valence-corrected chi connectivity index (χ4v) is 7.58. The summed E-state index contributed by atoms with van der Waals surface area (Å²) < 4.78 is 6.20. The van der Waals surface area contributed by atoms with E-state index < -0.39 is 0 Å². The van der Waals surface area contributed by atoms with E-state index in [-0.39, 0.29) is 12.0 Å². The van der Waals surface area contributed by atoms with E-state index in [1.807, 2.05) is 14.0 Å². The van der Waals surface area contributed by atoms with Gasteiger partial charge in [-0.05, 0) is 76.2 Å². The van der Waals surface area contributed by atoms with Crippen molar-refractivity contribution < 1.29 is 14.7 Å². The Bertz CT molecular complexity index is 553. The molecule has 0 aromatic rings. The zero-order valence-corrected chi connectivity index (χ0v) is 21.6. The number of nitrogens with one attached hydrogen (secondary N) is 1. The number of hydroxylamine groups is 2. The lowest BCUT2D eigenvalue weighted by molar-refractivity contribution is -0.143. The molecular weight excluding hydrogens is 412 g/mol. The minimum absolute atomic E-state index is 0.244. The molecule has 192 valence electrons. The molecule has 0 radical (unpaired) electrons. The van der Waals surface area contributed by atoms with E-state index >= 15 is 0 Å². The van der Waals surface area contributed by atoms with Crippen molar-refractivity contribution in [2.45, 2.75) is 115 Å². The predicted molar refractivity (Wildman–Crippen MR) is 134 cm³/mol. The summed E-state index contributed by atoms with van der Waals surface area (Å²) in [6.07, 6.45) is 19.6. The van der Waals surface area contributed by atoms with Gasteiger partial charge in [0.1, 0.15) is 0 Å². The number of aliphatic hydroxyl groups is 1. The van der Waals surface area contributed by atoms with Crippen LogP contribution in [0, 0.1) is 29.6 Å². The third kappa shape index (κ3) is 7.39. The van der Waals surface area contributed by atoms with E-state index in [9.17, 15) is 5.11 Å². The molecule has 0 bridgehead atoms. The van der Waals surface area contributed by atoms with Crippen LogP contribution >= 0.6 is 0 Å². The number of nitrogens with zero attached hydrogens (tertiary/aromatic N) is 1. The maximum atomic E-state index is 9.92. The van der Waals surface area contributed by atoms with Gasteiger partial charge in [-0.25, -0.2) is 0 Å². The number of ether oxygens (including phenoxy) is 1. The molecule has 0 spiro atoms. The van der Waals surface area contributed by atoms with Crippen molar-refractivity contribution in [1.82, 2.24) is 10.4 Å². The van der Waals surface area contributed by atoms with Gasteiger partial charge < -0.3 is 15.2 Å². The van der Waals surface area contributed by atoms with Gasteiger partial charge in [0, 0.05) is 38.1 Å². The van der Waals surface area contributed by atoms with Crippen molar-refractivity contribution in [3.05, 3.63) is 0 Å². The molecule has 7 atom stereocenters. The van der Waals surface area contributed by atoms with Crippen LogP contribution in [0.15, 0.2) is 0 Å². The van der Waals surface area contributed by atoms with Gasteiger partial charge in [0.15, 0.2) is 0 Å². The molecule has 1 saturated heterocycles. The molecule has 4 aliphatic rings. The van der Waals surface area contributed by atoms with Crippen LogP contribution in [-0.4, -0.2) is 61.8 Å². The quantitative estimate of drug-likeness (QED) is 0.437. The monoisotopic (exact) mass is 464 g/mol. The van der Waals surface area contributed by atoms with E-state index in [1.54, 1.807) is 0 Å². The van der Waals surface area contributed by atoms with Crippen LogP contribution in [0.25, 0.3) is 0 Å². The van der Waals surface area contributed by atoms with Gasteiger partial charge in [-0.3, -0.25) is 4.84 Å². The van der Waals surface area contributed by atoms with Crippen LogP contribution in [-0.2, 0) is 9.57 Å². The molecule has 3 saturated carbocycles. The van der Waals surface area contributed by atoms with Crippen molar-refractivity contribution in [3.8, 4) is 0 Å². The van der Waals surface area contributed by atoms with Crippen molar-refractivity contribution in [1.29, 1.82) is 0 Å². The molecule has 0 aromatic carbocycles. The highest BCUT2D eigenvalue weighted by atomic mass is 16.7. The van der Waals surface area contributed by atoms with Crippen LogP contribution < -0.4 is 5.32 Å². The summed E-state index contributed by atoms with van der Waals surface area (Å²) in [5.74, 6) is 3.29. The first-order chi connectivity index (χ1) is 16.1. The van der Waals surface area contributed by atoms with Gasteiger partial charge in [-0.2, -0.15) is 5.06 Å². The molecule has 0 aromatic heterocycles. The first kappa shape index (κ1) is 25.9. The predicted octanol–water partition coefficient (Wildman–Crippen LogP) is 5.17. The van der Waals surface area contributed by atoms with E-state index in [1.165, 1.54) is 96.4 Å². The lowest BCUT2D eigenvalue weighted by atomic mass is 9.67. The molecule has 6 unspecified atom stereocenters. The Balaban J connectivity index is 1.22. The van der Waals surface area contributed by atoms with Crippen LogP contribution in [0.3, 0.4) is 0 Å². The maximum absolute atomic E-state index is 9.92. The number of aliphatic hydroxyl groups excluding tert-OH is 1. The molecule has 33 heavy (non-hydrogen) atoms. The second kappa shape index (κ2) is 13.2. The van der Waals surface area contributed by atoms with E-state index in [0.29, 0.717) is 30.6 Å². The first-order valence-electron chi connectivity index (χ1n) is 14.5. The molecule has 1 aliphatic heterocycles. The molecule has 4 rings (SSSR count). The second-order valence-electron chi connectivity index (χ2n) is 11.9. The third-order valence-electron chi connectivity index (χ3n) is 9.57. The average Bonchev–Trinajstić information content (AvgIpc) is 3.31. The molecule has 1 heterocycles. The van der Waals surface area contributed by atoms with Gasteiger partial charge in [0.25, 0.3) is 0 Å². The molecule has 0 amide bonds. The van der Waals surface area contributed by atoms with E-state index in [4.69, 9.17) is 9.57 Å². The number of methoxy groups -OCH3 is 1. The van der Waals surface area contributed by atoms with Crippen molar-refractivity contribution in [3.63, 3.8) is 0 Å². The smallest absolute Gasteiger partial charge is 0.0751 e. The normalized spacial score (nSPS) is 37.9. The topological polar surface area (TPSA) is 54.0 Å². The third-order valence-corrected chi connectivity index (χ3v) is 9.57. The summed E-state index contributed by atoms with van der Waals surface area (Å²) in [6, 6.07) is 0.710. The highest BCUT2D eigenvalue weighted by Gasteiger charge is 2.41. The lowest BCUT2D eigenvalue weighted by Gasteiger charge is -2.44. The zero-order valence-electron chi connectivity index (χ0n) is 21.6. The Labute approximate surface area is 203 Å². The van der Waals surface area contributed by atoms with E-state index in [2.05, 4.69) is 10.4 Å². The molecule has 3 aliphatic carbocycles. The minimum atomic E-state index is -0.290. The summed E-state index contributed by atoms with van der Waals surface area (Å²) in [6.45, 7) is 5.56. The van der Waals surface area contributed by atoms with Gasteiger partial charge in [0.2, 0.25) is 0 Å². The van der Waals surface area contributed by atoms with Crippen LogP contribution in [0.2, 0.25) is 0 Å². The second-order valence-corrected chi connectivity index (χ2v) is 11.9. The Morgan fingerprint density at radius 3 is 2.61 bits per heavy atom. The lowest BCUT2D eigenvalue weighted by Crippen LogP contribution is -2.46. The number of hydrogen-bond donors (Lipinski definition) is 2. The Morgan fingerprint density at radius 2 is 1.85 bits per heavy atom. The molecule has 5 heteroatoms. The fourth-order valence-electron chi connectivity index (χ4n) is 7.58. The van der Waals surface area contributed by atoms with Crippen LogP contribution in [0.5, 0.6) is 0 Å².